The molecule has 1 aromatic heterocycles. The summed E-state index contributed by atoms with van der Waals surface area (Å²) in [7, 11) is 0. The van der Waals surface area contributed by atoms with Crippen molar-refractivity contribution >= 4 is 6.09 Å². The molecular weight excluding hydrogens is 410 g/mol. The van der Waals surface area contributed by atoms with E-state index in [1.165, 1.54) is 6.07 Å². The third-order valence-electron chi connectivity index (χ3n) is 10.4. The first-order valence-electron chi connectivity index (χ1n) is 12.1. The maximum Gasteiger partial charge on any atom is 0.404 e. The Morgan fingerprint density at radius 3 is 2.41 bits per heavy atom. The second-order valence-corrected chi connectivity index (χ2v) is 11.4. The van der Waals surface area contributed by atoms with Gasteiger partial charge >= 0.3 is 11.7 Å². The van der Waals surface area contributed by atoms with E-state index in [1.54, 1.807) is 6.26 Å². The molecule has 4 aliphatic rings. The van der Waals surface area contributed by atoms with Gasteiger partial charge in [0.1, 0.15) is 0 Å². The quantitative estimate of drug-likeness (QED) is 0.552. The Balaban J connectivity index is 1.44. The van der Waals surface area contributed by atoms with Crippen LogP contribution >= 0.6 is 0 Å². The maximum absolute atomic E-state index is 12.2. The number of aliphatic hydroxyl groups is 2. The summed E-state index contributed by atoms with van der Waals surface area (Å²) in [6.07, 6.45) is 7.16. The van der Waals surface area contributed by atoms with Gasteiger partial charge in [0.2, 0.25) is 0 Å². The highest BCUT2D eigenvalue weighted by atomic mass is 16.4. The number of hydrogen-bond donors (Lipinski definition) is 4. The van der Waals surface area contributed by atoms with Gasteiger partial charge < -0.3 is 25.1 Å². The third kappa shape index (κ3) is 2.86. The molecule has 1 amide bonds. The Bertz CT molecular complexity index is 957. The first kappa shape index (κ1) is 22.0. The summed E-state index contributed by atoms with van der Waals surface area (Å²) >= 11 is 0. The number of carbonyl (C=O) groups is 1. The van der Waals surface area contributed by atoms with Gasteiger partial charge in [-0.05, 0) is 92.6 Å². The molecule has 0 spiro atoms. The first-order chi connectivity index (χ1) is 15.0. The fourth-order valence-corrected chi connectivity index (χ4v) is 8.62. The van der Waals surface area contributed by atoms with E-state index >= 15 is 0 Å². The lowest BCUT2D eigenvalue weighted by Crippen LogP contribution is -2.68. The molecule has 0 aromatic carbocycles. The highest BCUT2D eigenvalue weighted by Gasteiger charge is 2.69. The summed E-state index contributed by atoms with van der Waals surface area (Å²) in [5.74, 6) is 0.454. The molecule has 4 fully saturated rings. The number of amides is 1. The van der Waals surface area contributed by atoms with Crippen LogP contribution in [0.4, 0.5) is 4.79 Å². The van der Waals surface area contributed by atoms with Gasteiger partial charge in [0.05, 0.1) is 17.5 Å². The number of rotatable bonds is 2. The summed E-state index contributed by atoms with van der Waals surface area (Å²) in [6, 6.07) is 3.09. The van der Waals surface area contributed by atoms with Gasteiger partial charge in [0.15, 0.2) is 0 Å². The van der Waals surface area contributed by atoms with Crippen molar-refractivity contribution in [2.24, 2.45) is 22.7 Å². The van der Waals surface area contributed by atoms with Crippen LogP contribution in [0.5, 0.6) is 0 Å². The van der Waals surface area contributed by atoms with Crippen LogP contribution < -0.4 is 10.9 Å². The first-order valence-corrected chi connectivity index (χ1v) is 12.1. The average Bonchev–Trinajstić information content (AvgIpc) is 3.00. The lowest BCUT2D eigenvalue weighted by Gasteiger charge is -2.66. The van der Waals surface area contributed by atoms with Crippen LogP contribution in [0.2, 0.25) is 0 Å². The van der Waals surface area contributed by atoms with E-state index in [0.29, 0.717) is 19.3 Å². The number of hydrogen-bond acceptors (Lipinski definition) is 5. The Morgan fingerprint density at radius 1 is 1.00 bits per heavy atom. The Morgan fingerprint density at radius 2 is 1.72 bits per heavy atom. The van der Waals surface area contributed by atoms with Crippen LogP contribution in [0, 0.1) is 22.7 Å². The van der Waals surface area contributed by atoms with Crippen LogP contribution in [0.3, 0.4) is 0 Å². The van der Waals surface area contributed by atoms with Crippen molar-refractivity contribution in [3.63, 3.8) is 0 Å². The van der Waals surface area contributed by atoms with Crippen LogP contribution in [0.25, 0.3) is 0 Å². The van der Waals surface area contributed by atoms with Gasteiger partial charge in [-0.2, -0.15) is 0 Å². The summed E-state index contributed by atoms with van der Waals surface area (Å²) < 4.78 is 5.15. The summed E-state index contributed by atoms with van der Waals surface area (Å²) in [4.78, 5) is 22.6. The van der Waals surface area contributed by atoms with Gasteiger partial charge in [-0.3, -0.25) is 0 Å². The Hall–Kier alpha value is -1.86. The van der Waals surface area contributed by atoms with Crippen molar-refractivity contribution in [1.82, 2.24) is 5.32 Å². The van der Waals surface area contributed by atoms with E-state index in [1.807, 2.05) is 6.07 Å². The van der Waals surface area contributed by atoms with E-state index in [2.05, 4.69) is 19.2 Å². The molecule has 5 rings (SSSR count). The highest BCUT2D eigenvalue weighted by Crippen LogP contribution is 2.71. The molecule has 0 aliphatic heterocycles. The fourth-order valence-electron chi connectivity index (χ4n) is 8.62. The van der Waals surface area contributed by atoms with Crippen LogP contribution in [-0.4, -0.2) is 38.7 Å². The van der Waals surface area contributed by atoms with Crippen molar-refractivity contribution in [3.8, 4) is 0 Å². The molecule has 0 unspecified atom stereocenters. The molecular formula is C25H35NO6. The fraction of sp³-hybridized carbons (Fsp3) is 0.760. The molecule has 176 valence electrons. The standard InChI is InChI=1S/C25H35NO6/c1-22-9-5-16(26-21(28)29)13-24(22,30)11-7-19-18(22)6-10-23(2)17(8-12-25(19,23)31)15-3-4-20(27)32-14-15/h3-4,14,16-19,26,30-31H,5-13H2,1-2H3,(H,28,29)/t16-,17+,18-,19+,22+,23+,24-,25-/m0/s1. The zero-order chi connectivity index (χ0) is 22.9. The van der Waals surface area contributed by atoms with E-state index in [4.69, 9.17) is 9.52 Å². The third-order valence-corrected chi connectivity index (χ3v) is 10.4. The Labute approximate surface area is 188 Å². The number of carboxylic acid groups (broad SMARTS) is 1. The van der Waals surface area contributed by atoms with Gasteiger partial charge in [-0.1, -0.05) is 13.8 Å². The molecule has 7 heteroatoms. The van der Waals surface area contributed by atoms with E-state index in [9.17, 15) is 19.8 Å². The van der Waals surface area contributed by atoms with Crippen molar-refractivity contribution in [2.75, 3.05) is 0 Å². The van der Waals surface area contributed by atoms with E-state index < -0.39 is 17.3 Å². The predicted molar refractivity (Wildman–Crippen MR) is 117 cm³/mol. The molecule has 0 radical (unpaired) electrons. The van der Waals surface area contributed by atoms with Crippen molar-refractivity contribution < 1.29 is 24.5 Å². The van der Waals surface area contributed by atoms with Gasteiger partial charge in [-0.25, -0.2) is 9.59 Å². The minimum atomic E-state index is -1.03. The molecule has 4 N–H and O–H groups in total. The largest absolute Gasteiger partial charge is 0.465 e. The smallest absolute Gasteiger partial charge is 0.404 e. The topological polar surface area (TPSA) is 120 Å². The molecule has 0 bridgehead atoms. The molecule has 4 aliphatic carbocycles. The summed E-state index contributed by atoms with van der Waals surface area (Å²) in [6.45, 7) is 4.37. The minimum absolute atomic E-state index is 0.108. The molecule has 8 atom stereocenters. The van der Waals surface area contributed by atoms with Crippen molar-refractivity contribution in [1.29, 1.82) is 0 Å². The van der Waals surface area contributed by atoms with E-state index in [-0.39, 0.29) is 40.3 Å². The highest BCUT2D eigenvalue weighted by molar-refractivity contribution is 5.64. The van der Waals surface area contributed by atoms with Crippen molar-refractivity contribution in [2.45, 2.75) is 94.8 Å². The summed E-state index contributed by atoms with van der Waals surface area (Å²) in [5, 5.41) is 35.7. The van der Waals surface area contributed by atoms with Gasteiger partial charge in [0, 0.05) is 17.5 Å². The van der Waals surface area contributed by atoms with Crippen LogP contribution in [0.15, 0.2) is 27.6 Å². The second-order valence-electron chi connectivity index (χ2n) is 11.4. The zero-order valence-electron chi connectivity index (χ0n) is 19.0. The molecule has 1 heterocycles. The minimum Gasteiger partial charge on any atom is -0.465 e. The lowest BCUT2D eigenvalue weighted by atomic mass is 9.42. The summed E-state index contributed by atoms with van der Waals surface area (Å²) in [5.41, 5.74) is -1.74. The average molecular weight is 446 g/mol. The molecule has 1 aromatic rings. The van der Waals surface area contributed by atoms with E-state index in [0.717, 1.165) is 44.1 Å². The van der Waals surface area contributed by atoms with Gasteiger partial charge in [-0.15, -0.1) is 0 Å². The van der Waals surface area contributed by atoms with Crippen LogP contribution in [0.1, 0.15) is 83.1 Å². The monoisotopic (exact) mass is 445 g/mol. The van der Waals surface area contributed by atoms with Crippen LogP contribution in [-0.2, 0) is 0 Å². The number of nitrogens with one attached hydrogen (secondary N) is 1. The van der Waals surface area contributed by atoms with Crippen molar-refractivity contribution in [3.05, 3.63) is 34.4 Å². The molecule has 32 heavy (non-hydrogen) atoms. The SMILES string of the molecule is C[C@]12CC[C@H](NC(=O)O)C[C@@]1(O)CC[C@@H]1[C@@H]2CC[C@]2(C)[C@@H](c3ccc(=O)oc3)CC[C@]12O. The lowest BCUT2D eigenvalue weighted by molar-refractivity contribution is -0.247. The molecule has 0 saturated heterocycles. The normalized spacial score (nSPS) is 47.8. The second kappa shape index (κ2) is 7.07. The van der Waals surface area contributed by atoms with Gasteiger partial charge in [0.25, 0.3) is 0 Å². The molecule has 4 saturated carbocycles. The predicted octanol–water partition coefficient (Wildman–Crippen LogP) is 3.63. The maximum atomic E-state index is 12.2. The zero-order valence-corrected chi connectivity index (χ0v) is 19.0. The molecule has 7 nitrogen and oxygen atoms in total. The number of fused-ring (bicyclic) bond motifs is 5. The Kier molecular flexibility index (Phi) is 4.85.